The van der Waals surface area contributed by atoms with Gasteiger partial charge in [-0.2, -0.15) is 0 Å². The number of carboxylic acid groups (broad SMARTS) is 1. The maximum Gasteiger partial charge on any atom is 0.303 e. The van der Waals surface area contributed by atoms with Gasteiger partial charge in [-0.1, -0.05) is 58.3 Å². The largest absolute Gasteiger partial charge is 0.481 e. The van der Waals surface area contributed by atoms with E-state index in [2.05, 4.69) is 17.6 Å². The van der Waals surface area contributed by atoms with Crippen LogP contribution in [-0.2, 0) is 4.79 Å². The highest BCUT2D eigenvalue weighted by Crippen LogP contribution is 2.09. The van der Waals surface area contributed by atoms with Crippen molar-refractivity contribution < 1.29 is 9.90 Å². The normalized spacial score (nSPS) is 11.0. The molecule has 0 radical (unpaired) electrons. The highest BCUT2D eigenvalue weighted by atomic mass is 16.4. The molecular formula is C18H38N2O2. The van der Waals surface area contributed by atoms with Crippen LogP contribution in [0.5, 0.6) is 0 Å². The standard InChI is InChI=1S/C18H38N2O2/c1-2-3-4-5-6-7-8-9-11-14-19-16-17-20-15-12-10-13-18(21)22/h19-20H,2-17H2,1H3,(H,21,22). The van der Waals surface area contributed by atoms with E-state index >= 15 is 0 Å². The molecule has 0 aromatic carbocycles. The summed E-state index contributed by atoms with van der Waals surface area (Å²) in [5, 5.41) is 15.3. The van der Waals surface area contributed by atoms with E-state index in [0.29, 0.717) is 6.42 Å². The number of hydrogen-bond donors (Lipinski definition) is 3. The van der Waals surface area contributed by atoms with Crippen molar-refractivity contribution in [3.63, 3.8) is 0 Å². The van der Waals surface area contributed by atoms with Crippen molar-refractivity contribution in [1.82, 2.24) is 10.6 Å². The number of carboxylic acids is 1. The first-order valence-electron chi connectivity index (χ1n) is 9.40. The van der Waals surface area contributed by atoms with Gasteiger partial charge in [-0.3, -0.25) is 4.79 Å². The van der Waals surface area contributed by atoms with Gasteiger partial charge < -0.3 is 15.7 Å². The maximum absolute atomic E-state index is 10.3. The zero-order chi connectivity index (χ0) is 16.3. The molecule has 0 unspecified atom stereocenters. The Balaban J connectivity index is 2.95. The van der Waals surface area contributed by atoms with Crippen LogP contribution in [0.25, 0.3) is 0 Å². The zero-order valence-electron chi connectivity index (χ0n) is 14.7. The molecule has 0 saturated heterocycles. The average Bonchev–Trinajstić information content (AvgIpc) is 2.50. The number of nitrogens with one attached hydrogen (secondary N) is 2. The molecule has 3 N–H and O–H groups in total. The van der Waals surface area contributed by atoms with Gasteiger partial charge in [0.05, 0.1) is 0 Å². The van der Waals surface area contributed by atoms with Crippen LogP contribution in [0.4, 0.5) is 0 Å². The molecule has 0 amide bonds. The molecule has 132 valence electrons. The molecule has 0 aromatic rings. The number of aliphatic carboxylic acids is 1. The summed E-state index contributed by atoms with van der Waals surface area (Å²) in [5.41, 5.74) is 0. The van der Waals surface area contributed by atoms with Crippen LogP contribution in [0.2, 0.25) is 0 Å². The highest BCUT2D eigenvalue weighted by molar-refractivity contribution is 5.66. The molecule has 0 fully saturated rings. The van der Waals surface area contributed by atoms with Crippen LogP contribution in [0.15, 0.2) is 0 Å². The topological polar surface area (TPSA) is 61.4 Å². The second kappa shape index (κ2) is 18.4. The second-order valence-corrected chi connectivity index (χ2v) is 6.18. The van der Waals surface area contributed by atoms with Crippen LogP contribution >= 0.6 is 0 Å². The molecule has 0 bridgehead atoms. The fraction of sp³-hybridized carbons (Fsp3) is 0.944. The lowest BCUT2D eigenvalue weighted by Crippen LogP contribution is -2.28. The van der Waals surface area contributed by atoms with Crippen molar-refractivity contribution in [2.75, 3.05) is 26.2 Å². The zero-order valence-corrected chi connectivity index (χ0v) is 14.7. The van der Waals surface area contributed by atoms with Gasteiger partial charge in [0.25, 0.3) is 0 Å². The van der Waals surface area contributed by atoms with Crippen LogP contribution < -0.4 is 10.6 Å². The molecule has 0 rings (SSSR count). The lowest BCUT2D eigenvalue weighted by Gasteiger charge is -2.06. The van der Waals surface area contributed by atoms with Crippen LogP contribution in [-0.4, -0.2) is 37.3 Å². The van der Waals surface area contributed by atoms with Gasteiger partial charge in [0.1, 0.15) is 0 Å². The maximum atomic E-state index is 10.3. The van der Waals surface area contributed by atoms with Gasteiger partial charge in [-0.05, 0) is 32.4 Å². The minimum atomic E-state index is -0.692. The monoisotopic (exact) mass is 314 g/mol. The first-order chi connectivity index (χ1) is 10.8. The fourth-order valence-electron chi connectivity index (χ4n) is 2.51. The van der Waals surface area contributed by atoms with Gasteiger partial charge >= 0.3 is 5.97 Å². The number of hydrogen-bond acceptors (Lipinski definition) is 3. The van der Waals surface area contributed by atoms with Crippen LogP contribution in [0.1, 0.15) is 84.0 Å². The summed E-state index contributed by atoms with van der Waals surface area (Å²) in [7, 11) is 0. The third-order valence-corrected chi connectivity index (χ3v) is 3.93. The summed E-state index contributed by atoms with van der Waals surface area (Å²) < 4.78 is 0. The molecule has 0 aliphatic rings. The van der Waals surface area contributed by atoms with Gasteiger partial charge in [-0.25, -0.2) is 0 Å². The molecule has 0 spiro atoms. The summed E-state index contributed by atoms with van der Waals surface area (Å²) >= 11 is 0. The molecule has 0 atom stereocenters. The molecule has 0 heterocycles. The van der Waals surface area contributed by atoms with Crippen molar-refractivity contribution in [3.05, 3.63) is 0 Å². The Bertz CT molecular complexity index is 235. The smallest absolute Gasteiger partial charge is 0.303 e. The lowest BCUT2D eigenvalue weighted by molar-refractivity contribution is -0.137. The van der Waals surface area contributed by atoms with E-state index in [-0.39, 0.29) is 0 Å². The average molecular weight is 315 g/mol. The molecule has 22 heavy (non-hydrogen) atoms. The van der Waals surface area contributed by atoms with Crippen molar-refractivity contribution in [2.45, 2.75) is 84.0 Å². The SMILES string of the molecule is CCCCCCCCCCCNCCNCCCCC(=O)O. The minimum Gasteiger partial charge on any atom is -0.481 e. The van der Waals surface area contributed by atoms with Crippen LogP contribution in [0.3, 0.4) is 0 Å². The summed E-state index contributed by atoms with van der Waals surface area (Å²) in [6.07, 6.45) is 14.4. The molecule has 4 heteroatoms. The van der Waals surface area contributed by atoms with Crippen LogP contribution in [0, 0.1) is 0 Å². The first kappa shape index (κ1) is 21.4. The summed E-state index contributed by atoms with van der Waals surface area (Å²) in [6, 6.07) is 0. The van der Waals surface area contributed by atoms with Gasteiger partial charge in [0.15, 0.2) is 0 Å². The van der Waals surface area contributed by atoms with Crippen molar-refractivity contribution in [1.29, 1.82) is 0 Å². The lowest BCUT2D eigenvalue weighted by atomic mass is 10.1. The molecule has 0 aliphatic heterocycles. The van der Waals surface area contributed by atoms with Crippen molar-refractivity contribution >= 4 is 5.97 Å². The van der Waals surface area contributed by atoms with E-state index in [0.717, 1.165) is 39.0 Å². The summed E-state index contributed by atoms with van der Waals surface area (Å²) in [4.78, 5) is 10.3. The Morgan fingerprint density at radius 2 is 1.14 bits per heavy atom. The Hall–Kier alpha value is -0.610. The Kier molecular flexibility index (Phi) is 17.9. The fourth-order valence-corrected chi connectivity index (χ4v) is 2.51. The highest BCUT2D eigenvalue weighted by Gasteiger charge is 1.96. The second-order valence-electron chi connectivity index (χ2n) is 6.18. The van der Waals surface area contributed by atoms with Crippen molar-refractivity contribution in [3.8, 4) is 0 Å². The molecule has 0 aliphatic carbocycles. The van der Waals surface area contributed by atoms with E-state index in [9.17, 15) is 4.79 Å². The van der Waals surface area contributed by atoms with E-state index in [1.165, 1.54) is 57.8 Å². The predicted molar refractivity (Wildman–Crippen MR) is 94.5 cm³/mol. The molecule has 0 saturated carbocycles. The number of carbonyl (C=O) groups is 1. The number of unbranched alkanes of at least 4 members (excludes halogenated alkanes) is 9. The van der Waals surface area contributed by atoms with E-state index in [4.69, 9.17) is 5.11 Å². The van der Waals surface area contributed by atoms with Gasteiger partial charge in [0, 0.05) is 19.5 Å². The van der Waals surface area contributed by atoms with Gasteiger partial charge in [0.2, 0.25) is 0 Å². The first-order valence-corrected chi connectivity index (χ1v) is 9.40. The minimum absolute atomic E-state index is 0.290. The van der Waals surface area contributed by atoms with E-state index in [1.807, 2.05) is 0 Å². The van der Waals surface area contributed by atoms with Crippen molar-refractivity contribution in [2.24, 2.45) is 0 Å². The van der Waals surface area contributed by atoms with E-state index in [1.54, 1.807) is 0 Å². The van der Waals surface area contributed by atoms with Gasteiger partial charge in [-0.15, -0.1) is 0 Å². The third-order valence-electron chi connectivity index (χ3n) is 3.93. The quantitative estimate of drug-likeness (QED) is 0.335. The Labute approximate surface area is 137 Å². The summed E-state index contributed by atoms with van der Waals surface area (Å²) in [5.74, 6) is -0.692. The molecular weight excluding hydrogens is 276 g/mol. The van der Waals surface area contributed by atoms with E-state index < -0.39 is 5.97 Å². The molecule has 4 nitrogen and oxygen atoms in total. The Morgan fingerprint density at radius 3 is 1.64 bits per heavy atom. The summed E-state index contributed by atoms with van der Waals surface area (Å²) in [6.45, 7) is 6.30. The predicted octanol–water partition coefficient (Wildman–Crippen LogP) is 3.95. The molecule has 0 aromatic heterocycles. The third kappa shape index (κ3) is 19.4. The number of rotatable bonds is 18. The Morgan fingerprint density at radius 1 is 0.682 bits per heavy atom.